The van der Waals surface area contributed by atoms with Crippen molar-refractivity contribution in [3.8, 4) is 0 Å². The Bertz CT molecular complexity index is 572. The topological polar surface area (TPSA) is 121 Å². The van der Waals surface area contributed by atoms with Gasteiger partial charge in [0.1, 0.15) is 0 Å². The number of aliphatic imine (C=N–C) groups is 1. The lowest BCUT2D eigenvalue weighted by Crippen LogP contribution is -2.28. The third-order valence-corrected chi connectivity index (χ3v) is 2.22. The van der Waals surface area contributed by atoms with Gasteiger partial charge >= 0.3 is 5.97 Å². The number of carbonyl (C=O) groups excluding carboxylic acids is 1. The molecule has 3 N–H and O–H groups in total. The second-order valence-electron chi connectivity index (χ2n) is 3.62. The molecule has 7 nitrogen and oxygen atoms in total. The van der Waals surface area contributed by atoms with Crippen molar-refractivity contribution in [1.82, 2.24) is 5.32 Å². The van der Waals surface area contributed by atoms with Crippen molar-refractivity contribution in [2.45, 2.75) is 0 Å². The summed E-state index contributed by atoms with van der Waals surface area (Å²) in [6, 6.07) is 5.65. The number of carbonyl (C=O) groups is 2. The average molecular weight is 274 g/mol. The summed E-state index contributed by atoms with van der Waals surface area (Å²) in [7, 11) is 0. The largest absolute Gasteiger partial charge is 0.763 e. The van der Waals surface area contributed by atoms with Crippen molar-refractivity contribution in [3.63, 3.8) is 0 Å². The number of hydrogen-bond donors (Lipinski definition) is 3. The molecular weight excluding hydrogens is 262 g/mol. The molecule has 0 spiro atoms. The summed E-state index contributed by atoms with van der Waals surface area (Å²) in [5.41, 5.74) is 0.326. The van der Waals surface area contributed by atoms with Crippen LogP contribution in [0.5, 0.6) is 0 Å². The molecule has 1 aromatic rings. The number of aliphatic hydroxyl groups is 1. The first-order valence-electron chi connectivity index (χ1n) is 5.62. The average Bonchev–Trinajstić information content (AvgIpc) is 2.46. The van der Waals surface area contributed by atoms with Gasteiger partial charge in [0.25, 0.3) is 5.91 Å². The number of amides is 1. The number of aromatic carboxylic acids is 1. The predicted molar refractivity (Wildman–Crippen MR) is 73.5 cm³/mol. The zero-order valence-electron chi connectivity index (χ0n) is 10.4. The number of hydrogen-bond acceptors (Lipinski definition) is 4. The maximum absolute atomic E-state index is 11.4. The van der Waals surface area contributed by atoms with Crippen molar-refractivity contribution in [2.75, 3.05) is 13.2 Å². The van der Waals surface area contributed by atoms with E-state index < -0.39 is 11.9 Å². The first-order chi connectivity index (χ1) is 9.58. The molecule has 1 rings (SSSR count). The number of benzene rings is 1. The van der Waals surface area contributed by atoms with Gasteiger partial charge in [0.15, 0.2) is 0 Å². The summed E-state index contributed by atoms with van der Waals surface area (Å²) in [6.07, 6.45) is 1.09. The molecule has 0 radical (unpaired) electrons. The van der Waals surface area contributed by atoms with Crippen LogP contribution in [0.1, 0.15) is 10.4 Å². The number of rotatable bonds is 6. The van der Waals surface area contributed by atoms with Crippen LogP contribution < -0.4 is 5.32 Å². The lowest BCUT2D eigenvalue weighted by molar-refractivity contribution is -0.117. The molecule has 104 valence electrons. The molecule has 0 aliphatic rings. The Hall–Kier alpha value is -2.76. The minimum atomic E-state index is -1.05. The molecule has 0 saturated heterocycles. The predicted octanol–water partition coefficient (Wildman–Crippen LogP) is 0.361. The number of carboxylic acids is 1. The van der Waals surface area contributed by atoms with E-state index in [1.165, 1.54) is 24.3 Å². The molecule has 1 amide bonds. The van der Waals surface area contributed by atoms with E-state index in [0.717, 1.165) is 6.21 Å². The Labute approximate surface area is 114 Å². The van der Waals surface area contributed by atoms with Crippen molar-refractivity contribution >= 4 is 29.6 Å². The van der Waals surface area contributed by atoms with Crippen LogP contribution in [0.15, 0.2) is 34.8 Å². The Morgan fingerprint density at radius 3 is 2.50 bits per heavy atom. The summed E-state index contributed by atoms with van der Waals surface area (Å²) in [4.78, 5) is 26.0. The molecule has 7 heteroatoms. The SMILES string of the molecule is [N-]=C=C(C=Nc1ccc(C(=O)O)cc1)C(=O)NCCO. The van der Waals surface area contributed by atoms with Crippen molar-refractivity contribution < 1.29 is 19.8 Å². The summed E-state index contributed by atoms with van der Waals surface area (Å²) >= 11 is 0. The maximum Gasteiger partial charge on any atom is 0.335 e. The van der Waals surface area contributed by atoms with Gasteiger partial charge in [0.05, 0.1) is 23.4 Å². The first-order valence-corrected chi connectivity index (χ1v) is 5.62. The second-order valence-corrected chi connectivity index (χ2v) is 3.62. The van der Waals surface area contributed by atoms with Crippen molar-refractivity contribution in [2.24, 2.45) is 4.99 Å². The van der Waals surface area contributed by atoms with Gasteiger partial charge in [-0.25, -0.2) is 4.79 Å². The first kappa shape index (κ1) is 15.3. The van der Waals surface area contributed by atoms with Crippen LogP contribution in [0.4, 0.5) is 5.69 Å². The minimum absolute atomic E-state index is 0.0468. The fourth-order valence-electron chi connectivity index (χ4n) is 1.23. The summed E-state index contributed by atoms with van der Waals surface area (Å²) in [6.45, 7) is -0.177. The van der Waals surface area contributed by atoms with E-state index in [1.807, 2.05) is 0 Å². The maximum atomic E-state index is 11.4. The quantitative estimate of drug-likeness (QED) is 0.512. The smallest absolute Gasteiger partial charge is 0.335 e. The molecule has 0 unspecified atom stereocenters. The highest BCUT2D eigenvalue weighted by Gasteiger charge is 2.04. The molecule has 20 heavy (non-hydrogen) atoms. The van der Waals surface area contributed by atoms with Crippen LogP contribution >= 0.6 is 0 Å². The Morgan fingerprint density at radius 1 is 1.35 bits per heavy atom. The molecule has 0 bridgehead atoms. The zero-order valence-corrected chi connectivity index (χ0v) is 10.4. The summed E-state index contributed by atoms with van der Waals surface area (Å²) in [5, 5.41) is 28.4. The third-order valence-electron chi connectivity index (χ3n) is 2.22. The number of aliphatic hydroxyl groups excluding tert-OH is 1. The third kappa shape index (κ3) is 4.49. The van der Waals surface area contributed by atoms with Crippen LogP contribution in [-0.4, -0.2) is 47.3 Å². The highest BCUT2D eigenvalue weighted by Crippen LogP contribution is 2.12. The zero-order chi connectivity index (χ0) is 15.0. The number of nitrogens with zero attached hydrogens (tertiary/aromatic N) is 2. The molecule has 0 fully saturated rings. The fraction of sp³-hybridized carbons (Fsp3) is 0.154. The van der Waals surface area contributed by atoms with E-state index in [2.05, 4.69) is 10.3 Å². The summed E-state index contributed by atoms with van der Waals surface area (Å²) < 4.78 is 0. The number of nitrogens with one attached hydrogen (secondary N) is 1. The van der Waals surface area contributed by atoms with Crippen molar-refractivity contribution in [3.05, 3.63) is 40.8 Å². The normalized spacial score (nSPS) is 10.1. The van der Waals surface area contributed by atoms with Crippen LogP contribution in [0, 0.1) is 0 Å². The van der Waals surface area contributed by atoms with Gasteiger partial charge in [-0.05, 0) is 24.3 Å². The Morgan fingerprint density at radius 2 is 2.00 bits per heavy atom. The minimum Gasteiger partial charge on any atom is -0.763 e. The summed E-state index contributed by atoms with van der Waals surface area (Å²) in [5.74, 6) is 0.0102. The Kier molecular flexibility index (Phi) is 5.83. The van der Waals surface area contributed by atoms with Gasteiger partial charge in [-0.1, -0.05) is 0 Å². The fourth-order valence-corrected chi connectivity index (χ4v) is 1.23. The molecule has 0 aliphatic carbocycles. The van der Waals surface area contributed by atoms with Gasteiger partial charge < -0.3 is 20.9 Å². The molecule has 0 aliphatic heterocycles. The van der Waals surface area contributed by atoms with Gasteiger partial charge in [-0.3, -0.25) is 15.7 Å². The van der Waals surface area contributed by atoms with Gasteiger partial charge in [-0.15, -0.1) is 0 Å². The van der Waals surface area contributed by atoms with E-state index in [0.29, 0.717) is 5.69 Å². The second kappa shape index (κ2) is 7.63. The molecule has 0 atom stereocenters. The standard InChI is InChI=1S/C13H12N3O4/c14-7-10(12(18)15-5-6-17)8-16-11-3-1-9(2-4-11)13(19)20/h1-4,8,17H,5-6H2,(H,15,18)(H,19,20)/q-1. The Balaban J connectivity index is 2.77. The highest BCUT2D eigenvalue weighted by atomic mass is 16.4. The van der Waals surface area contributed by atoms with Crippen LogP contribution in [0.3, 0.4) is 0 Å². The molecule has 0 heterocycles. The van der Waals surface area contributed by atoms with Crippen LogP contribution in [0.25, 0.3) is 5.41 Å². The lowest BCUT2D eigenvalue weighted by atomic mass is 10.2. The van der Waals surface area contributed by atoms with Gasteiger partial charge in [-0.2, -0.15) is 0 Å². The molecule has 1 aromatic carbocycles. The van der Waals surface area contributed by atoms with E-state index in [4.69, 9.17) is 15.6 Å². The molecule has 0 saturated carbocycles. The monoisotopic (exact) mass is 274 g/mol. The van der Waals surface area contributed by atoms with Crippen LogP contribution in [0.2, 0.25) is 0 Å². The van der Waals surface area contributed by atoms with Gasteiger partial charge in [0.2, 0.25) is 0 Å². The van der Waals surface area contributed by atoms with E-state index >= 15 is 0 Å². The van der Waals surface area contributed by atoms with E-state index in [9.17, 15) is 9.59 Å². The van der Waals surface area contributed by atoms with E-state index in [-0.39, 0.29) is 24.3 Å². The molecule has 0 aromatic heterocycles. The van der Waals surface area contributed by atoms with Gasteiger partial charge in [0, 0.05) is 12.8 Å². The van der Waals surface area contributed by atoms with Crippen LogP contribution in [-0.2, 0) is 4.79 Å². The highest BCUT2D eigenvalue weighted by molar-refractivity contribution is 6.19. The van der Waals surface area contributed by atoms with Crippen molar-refractivity contribution in [1.29, 1.82) is 0 Å². The lowest BCUT2D eigenvalue weighted by Gasteiger charge is -2.02. The van der Waals surface area contributed by atoms with E-state index in [1.54, 1.807) is 5.87 Å². The number of carboxylic acid groups (broad SMARTS) is 1. The molecular formula is C13H12N3O4-.